The Bertz CT molecular complexity index is 216. The van der Waals surface area contributed by atoms with E-state index >= 15 is 0 Å². The maximum Gasteiger partial charge on any atom is 0.247 e. The van der Waals surface area contributed by atoms with Gasteiger partial charge < -0.3 is 5.73 Å². The number of rotatable bonds is 0. The molecule has 0 fully saturated rings. The van der Waals surface area contributed by atoms with E-state index in [0.29, 0.717) is 12.3 Å². The van der Waals surface area contributed by atoms with Gasteiger partial charge in [0.2, 0.25) is 5.91 Å². The topological polar surface area (TPSA) is 55.5 Å². The van der Waals surface area contributed by atoms with Gasteiger partial charge in [-0.05, 0) is 18.9 Å². The van der Waals surface area contributed by atoms with Gasteiger partial charge in [0.1, 0.15) is 5.84 Å². The zero-order valence-electron chi connectivity index (χ0n) is 5.92. The van der Waals surface area contributed by atoms with Crippen LogP contribution in [-0.2, 0) is 4.79 Å². The van der Waals surface area contributed by atoms with Crippen LogP contribution in [0.2, 0.25) is 0 Å². The fourth-order valence-electron chi connectivity index (χ4n) is 0.924. The molecule has 1 aliphatic rings. The van der Waals surface area contributed by atoms with Crippen molar-refractivity contribution in [2.45, 2.75) is 19.8 Å². The summed E-state index contributed by atoms with van der Waals surface area (Å²) in [5.41, 5.74) is 6.43. The van der Waals surface area contributed by atoms with E-state index in [4.69, 9.17) is 5.73 Å². The summed E-state index contributed by atoms with van der Waals surface area (Å²) in [7, 11) is 0. The number of amides is 1. The molecule has 0 saturated carbocycles. The molecular formula is C7H10N2O. The first kappa shape index (κ1) is 6.99. The molecule has 54 valence electrons. The number of hydrogen-bond acceptors (Lipinski definition) is 2. The quantitative estimate of drug-likeness (QED) is 0.533. The second kappa shape index (κ2) is 2.64. The van der Waals surface area contributed by atoms with Crippen molar-refractivity contribution in [1.82, 2.24) is 0 Å². The maximum atomic E-state index is 10.6. The lowest BCUT2D eigenvalue weighted by Gasteiger charge is -2.09. The molecule has 0 saturated heterocycles. The van der Waals surface area contributed by atoms with Crippen molar-refractivity contribution in [3.8, 4) is 0 Å². The normalized spacial score (nSPS) is 23.1. The summed E-state index contributed by atoms with van der Waals surface area (Å²) in [6, 6.07) is 0. The summed E-state index contributed by atoms with van der Waals surface area (Å²) < 4.78 is 0. The average Bonchev–Trinajstić information content (AvgIpc) is 1.88. The van der Waals surface area contributed by atoms with Crippen LogP contribution in [0.1, 0.15) is 19.8 Å². The summed E-state index contributed by atoms with van der Waals surface area (Å²) in [6.07, 6.45) is 3.14. The Hall–Kier alpha value is -1.12. The highest BCUT2D eigenvalue weighted by Gasteiger charge is 2.12. The van der Waals surface area contributed by atoms with Crippen molar-refractivity contribution < 1.29 is 4.79 Å². The first-order valence-electron chi connectivity index (χ1n) is 3.26. The molecule has 3 heteroatoms. The molecule has 1 aliphatic heterocycles. The van der Waals surface area contributed by atoms with Crippen LogP contribution < -0.4 is 5.73 Å². The number of carbonyl (C=O) groups is 1. The van der Waals surface area contributed by atoms with Gasteiger partial charge in [-0.1, -0.05) is 6.08 Å². The summed E-state index contributed by atoms with van der Waals surface area (Å²) in [5.74, 6) is 0.279. The second-order valence-electron chi connectivity index (χ2n) is 2.20. The molecule has 0 atom stereocenters. The number of nitrogens with two attached hydrogens (primary N) is 1. The predicted octanol–water partition coefficient (Wildman–Crippen LogP) is 0.610. The zero-order valence-corrected chi connectivity index (χ0v) is 5.92. The molecule has 0 aromatic heterocycles. The molecule has 0 spiro atoms. The number of allylic oxidation sites excluding steroid dienone is 1. The smallest absolute Gasteiger partial charge is 0.247 e. The molecular weight excluding hydrogens is 128 g/mol. The maximum absolute atomic E-state index is 10.6. The molecule has 1 heterocycles. The third-order valence-electron chi connectivity index (χ3n) is 1.53. The summed E-state index contributed by atoms with van der Waals surface area (Å²) in [6.45, 7) is 1.90. The molecule has 0 unspecified atom stereocenters. The van der Waals surface area contributed by atoms with E-state index in [-0.39, 0.29) is 5.91 Å². The molecule has 0 aromatic carbocycles. The Kier molecular flexibility index (Phi) is 1.85. The third-order valence-corrected chi connectivity index (χ3v) is 1.53. The van der Waals surface area contributed by atoms with Crippen LogP contribution in [0.5, 0.6) is 0 Å². The molecule has 0 aliphatic carbocycles. The van der Waals surface area contributed by atoms with Gasteiger partial charge in [0, 0.05) is 6.42 Å². The van der Waals surface area contributed by atoms with Gasteiger partial charge >= 0.3 is 0 Å². The van der Waals surface area contributed by atoms with E-state index < -0.39 is 0 Å². The van der Waals surface area contributed by atoms with Crippen LogP contribution in [0, 0.1) is 0 Å². The van der Waals surface area contributed by atoms with Gasteiger partial charge in [0.05, 0.1) is 0 Å². The van der Waals surface area contributed by atoms with Crippen molar-refractivity contribution in [2.24, 2.45) is 10.7 Å². The number of hydrogen-bond donors (Lipinski definition) is 1. The highest BCUT2D eigenvalue weighted by atomic mass is 16.1. The second-order valence-corrected chi connectivity index (χ2v) is 2.20. The molecule has 1 rings (SSSR count). The summed E-state index contributed by atoms with van der Waals surface area (Å²) in [4.78, 5) is 14.3. The summed E-state index contributed by atoms with van der Waals surface area (Å²) in [5, 5.41) is 0. The van der Waals surface area contributed by atoms with Crippen molar-refractivity contribution in [1.29, 1.82) is 0 Å². The minimum Gasteiger partial charge on any atom is -0.383 e. The van der Waals surface area contributed by atoms with Crippen LogP contribution in [0.4, 0.5) is 0 Å². The lowest BCUT2D eigenvalue weighted by Crippen LogP contribution is -2.21. The SMILES string of the molecule is CC=C1CCC(=O)N=C1N. The van der Waals surface area contributed by atoms with Crippen LogP contribution in [0.3, 0.4) is 0 Å². The standard InChI is InChI=1S/C7H10N2O/c1-2-5-3-4-6(10)9-7(5)8/h2H,3-4H2,1H3,(H2,8,9,10). The summed E-state index contributed by atoms with van der Waals surface area (Å²) >= 11 is 0. The highest BCUT2D eigenvalue weighted by Crippen LogP contribution is 2.11. The molecule has 1 amide bonds. The first-order chi connectivity index (χ1) is 4.74. The Morgan fingerprint density at radius 1 is 1.60 bits per heavy atom. The Balaban J connectivity index is 2.87. The number of amidine groups is 1. The molecule has 3 nitrogen and oxygen atoms in total. The van der Waals surface area contributed by atoms with E-state index in [0.717, 1.165) is 12.0 Å². The fraction of sp³-hybridized carbons (Fsp3) is 0.429. The minimum absolute atomic E-state index is 0.108. The highest BCUT2D eigenvalue weighted by molar-refractivity contribution is 6.06. The first-order valence-corrected chi connectivity index (χ1v) is 3.26. The van der Waals surface area contributed by atoms with E-state index in [9.17, 15) is 4.79 Å². The predicted molar refractivity (Wildman–Crippen MR) is 39.6 cm³/mol. The van der Waals surface area contributed by atoms with Crippen molar-refractivity contribution in [3.63, 3.8) is 0 Å². The number of nitrogens with zero attached hydrogens (tertiary/aromatic N) is 1. The monoisotopic (exact) mass is 138 g/mol. The lowest BCUT2D eigenvalue weighted by atomic mass is 10.1. The van der Waals surface area contributed by atoms with Gasteiger partial charge in [-0.15, -0.1) is 0 Å². The Morgan fingerprint density at radius 3 is 2.80 bits per heavy atom. The van der Waals surface area contributed by atoms with Gasteiger partial charge in [-0.3, -0.25) is 4.79 Å². The molecule has 0 bridgehead atoms. The molecule has 10 heavy (non-hydrogen) atoms. The molecule has 0 radical (unpaired) electrons. The van der Waals surface area contributed by atoms with Crippen LogP contribution in [-0.4, -0.2) is 11.7 Å². The number of aliphatic imine (C=N–C) groups is 1. The van der Waals surface area contributed by atoms with Gasteiger partial charge in [0.15, 0.2) is 0 Å². The van der Waals surface area contributed by atoms with E-state index in [2.05, 4.69) is 4.99 Å². The van der Waals surface area contributed by atoms with E-state index in [1.165, 1.54) is 0 Å². The van der Waals surface area contributed by atoms with Crippen molar-refractivity contribution in [2.75, 3.05) is 0 Å². The van der Waals surface area contributed by atoms with Crippen molar-refractivity contribution in [3.05, 3.63) is 11.6 Å². The van der Waals surface area contributed by atoms with Gasteiger partial charge in [0.25, 0.3) is 0 Å². The zero-order chi connectivity index (χ0) is 7.56. The Morgan fingerprint density at radius 2 is 2.30 bits per heavy atom. The molecule has 0 aromatic rings. The fourth-order valence-corrected chi connectivity index (χ4v) is 0.924. The largest absolute Gasteiger partial charge is 0.383 e. The van der Waals surface area contributed by atoms with Crippen molar-refractivity contribution >= 4 is 11.7 Å². The van der Waals surface area contributed by atoms with E-state index in [1.54, 1.807) is 0 Å². The lowest BCUT2D eigenvalue weighted by molar-refractivity contribution is -0.117. The average molecular weight is 138 g/mol. The van der Waals surface area contributed by atoms with Crippen LogP contribution in [0.15, 0.2) is 16.6 Å². The molecule has 2 N–H and O–H groups in total. The number of carbonyl (C=O) groups excluding carboxylic acids is 1. The van der Waals surface area contributed by atoms with Crippen LogP contribution >= 0.6 is 0 Å². The minimum atomic E-state index is -0.108. The Labute approximate surface area is 59.6 Å². The van der Waals surface area contributed by atoms with Gasteiger partial charge in [-0.25, -0.2) is 0 Å². The van der Waals surface area contributed by atoms with E-state index in [1.807, 2.05) is 13.0 Å². The van der Waals surface area contributed by atoms with Gasteiger partial charge in [-0.2, -0.15) is 4.99 Å². The van der Waals surface area contributed by atoms with Crippen LogP contribution in [0.25, 0.3) is 0 Å². The third kappa shape index (κ3) is 1.23.